The van der Waals surface area contributed by atoms with Crippen molar-refractivity contribution in [2.45, 2.75) is 13.2 Å². The molecule has 1 aliphatic heterocycles. The van der Waals surface area contributed by atoms with E-state index >= 15 is 0 Å². The summed E-state index contributed by atoms with van der Waals surface area (Å²) in [5.74, 6) is -1.53. The second-order valence-electron chi connectivity index (χ2n) is 3.71. The van der Waals surface area contributed by atoms with Crippen molar-refractivity contribution < 1.29 is 29.3 Å². The van der Waals surface area contributed by atoms with E-state index in [9.17, 15) is 9.59 Å². The molecule has 6 heteroatoms. The second kappa shape index (κ2) is 6.98. The molecule has 6 nitrogen and oxygen atoms in total. The second-order valence-corrected chi connectivity index (χ2v) is 3.71. The zero-order valence-corrected chi connectivity index (χ0v) is 10.5. The van der Waals surface area contributed by atoms with Gasteiger partial charge in [-0.25, -0.2) is 4.79 Å². The van der Waals surface area contributed by atoms with Crippen LogP contribution in [-0.4, -0.2) is 37.0 Å². The highest BCUT2D eigenvalue weighted by molar-refractivity contribution is 6.41. The molecule has 1 heterocycles. The van der Waals surface area contributed by atoms with E-state index < -0.39 is 18.0 Å². The minimum Gasteiger partial charge on any atom is -0.460 e. The average Bonchev–Trinajstić information content (AvgIpc) is 2.92. The Balaban J connectivity index is 0.00000180. The molecule has 0 saturated carbocycles. The number of esters is 1. The fourth-order valence-electron chi connectivity index (χ4n) is 1.75. The fourth-order valence-corrected chi connectivity index (χ4v) is 1.75. The van der Waals surface area contributed by atoms with Crippen LogP contribution in [0.15, 0.2) is 24.3 Å². The molecule has 1 saturated heterocycles. The Morgan fingerprint density at radius 1 is 1.26 bits per heavy atom. The molecular weight excluding hydrogens is 252 g/mol. The molecule has 1 aromatic rings. The molecule has 0 bridgehead atoms. The van der Waals surface area contributed by atoms with Gasteiger partial charge in [0.25, 0.3) is 5.78 Å². The smallest absolute Gasteiger partial charge is 0.379 e. The van der Waals surface area contributed by atoms with Gasteiger partial charge in [0.1, 0.15) is 0 Å². The third-order valence-electron chi connectivity index (χ3n) is 2.54. The topological polar surface area (TPSA) is 93.3 Å². The van der Waals surface area contributed by atoms with Crippen molar-refractivity contribution in [1.29, 1.82) is 0 Å². The molecule has 0 spiro atoms. The molecule has 19 heavy (non-hydrogen) atoms. The van der Waals surface area contributed by atoms with Gasteiger partial charge < -0.3 is 19.7 Å². The zero-order valence-electron chi connectivity index (χ0n) is 10.5. The average molecular weight is 268 g/mol. The van der Waals surface area contributed by atoms with E-state index in [-0.39, 0.29) is 17.6 Å². The summed E-state index contributed by atoms with van der Waals surface area (Å²) in [5, 5.41) is 0. The van der Waals surface area contributed by atoms with E-state index in [0.717, 1.165) is 0 Å². The minimum atomic E-state index is -0.858. The molecular formula is C13H16O6. The van der Waals surface area contributed by atoms with Gasteiger partial charge in [0, 0.05) is 11.1 Å². The van der Waals surface area contributed by atoms with Crippen molar-refractivity contribution in [1.82, 2.24) is 0 Å². The lowest BCUT2D eigenvalue weighted by molar-refractivity contribution is -0.137. The molecule has 1 fully saturated rings. The summed E-state index contributed by atoms with van der Waals surface area (Å²) in [6, 6.07) is 6.73. The maximum atomic E-state index is 11.9. The van der Waals surface area contributed by atoms with E-state index in [1.165, 1.54) is 0 Å². The largest absolute Gasteiger partial charge is 0.460 e. The first kappa shape index (κ1) is 15.3. The SMILES string of the molecule is CCOC(=O)C(=O)c1ccccc1C1OCCO1.O. The predicted molar refractivity (Wildman–Crippen MR) is 65.7 cm³/mol. The number of hydrogen-bond acceptors (Lipinski definition) is 5. The predicted octanol–water partition coefficient (Wildman–Crippen LogP) is 0.653. The Labute approximate surface area is 110 Å². The molecule has 1 aliphatic rings. The Hall–Kier alpha value is -1.76. The number of rotatable bonds is 4. The van der Waals surface area contributed by atoms with E-state index in [0.29, 0.717) is 18.8 Å². The lowest BCUT2D eigenvalue weighted by atomic mass is 10.0. The van der Waals surface area contributed by atoms with Crippen LogP contribution >= 0.6 is 0 Å². The maximum absolute atomic E-state index is 11.9. The van der Waals surface area contributed by atoms with Gasteiger partial charge in [-0.2, -0.15) is 0 Å². The van der Waals surface area contributed by atoms with Gasteiger partial charge in [-0.1, -0.05) is 24.3 Å². The van der Waals surface area contributed by atoms with E-state index in [1.54, 1.807) is 31.2 Å². The Kier molecular flexibility index (Phi) is 5.62. The van der Waals surface area contributed by atoms with Crippen LogP contribution in [0.1, 0.15) is 29.1 Å². The van der Waals surface area contributed by atoms with Crippen LogP contribution in [0.4, 0.5) is 0 Å². The third-order valence-corrected chi connectivity index (χ3v) is 2.54. The molecule has 0 amide bonds. The van der Waals surface area contributed by atoms with Gasteiger partial charge in [-0.15, -0.1) is 0 Å². The standard InChI is InChI=1S/C13H14O5.H2O/c1-2-16-12(15)11(14)9-5-3-4-6-10(9)13-17-7-8-18-13;/h3-6,13H,2,7-8H2,1H3;1H2. The van der Waals surface area contributed by atoms with Crippen molar-refractivity contribution in [2.24, 2.45) is 0 Å². The van der Waals surface area contributed by atoms with Crippen molar-refractivity contribution >= 4 is 11.8 Å². The monoisotopic (exact) mass is 268 g/mol. The first-order chi connectivity index (χ1) is 8.74. The molecule has 104 valence electrons. The number of benzene rings is 1. The lowest BCUT2D eigenvalue weighted by Gasteiger charge is -2.13. The molecule has 0 atom stereocenters. The van der Waals surface area contributed by atoms with E-state index in [1.807, 2.05) is 0 Å². The highest BCUT2D eigenvalue weighted by Gasteiger charge is 2.27. The summed E-state index contributed by atoms with van der Waals surface area (Å²) in [7, 11) is 0. The number of Topliss-reactive ketones (excluding diaryl/α,β-unsaturated/α-hetero) is 1. The summed E-state index contributed by atoms with van der Waals surface area (Å²) < 4.78 is 15.4. The minimum absolute atomic E-state index is 0. The maximum Gasteiger partial charge on any atom is 0.379 e. The Bertz CT molecular complexity index is 450. The normalized spacial score (nSPS) is 14.8. The lowest BCUT2D eigenvalue weighted by Crippen LogP contribution is -2.20. The van der Waals surface area contributed by atoms with Crippen LogP contribution < -0.4 is 0 Å². The van der Waals surface area contributed by atoms with Crippen LogP contribution in [0.5, 0.6) is 0 Å². The summed E-state index contributed by atoms with van der Waals surface area (Å²) in [4.78, 5) is 23.4. The van der Waals surface area contributed by atoms with Crippen LogP contribution in [-0.2, 0) is 19.0 Å². The van der Waals surface area contributed by atoms with Crippen molar-refractivity contribution in [3.05, 3.63) is 35.4 Å². The number of carbonyl (C=O) groups excluding carboxylic acids is 2. The Morgan fingerprint density at radius 2 is 1.89 bits per heavy atom. The van der Waals surface area contributed by atoms with Gasteiger partial charge in [-0.05, 0) is 6.92 Å². The third kappa shape index (κ3) is 3.37. The number of ketones is 1. The number of ether oxygens (including phenoxy) is 3. The first-order valence-electron chi connectivity index (χ1n) is 5.77. The molecule has 0 aromatic heterocycles. The number of carbonyl (C=O) groups is 2. The van der Waals surface area contributed by atoms with Gasteiger partial charge in [-0.3, -0.25) is 4.79 Å². The Morgan fingerprint density at radius 3 is 2.53 bits per heavy atom. The van der Waals surface area contributed by atoms with Crippen LogP contribution in [0.3, 0.4) is 0 Å². The highest BCUT2D eigenvalue weighted by Crippen LogP contribution is 2.26. The fraction of sp³-hybridized carbons (Fsp3) is 0.385. The van der Waals surface area contributed by atoms with Crippen LogP contribution in [0.2, 0.25) is 0 Å². The molecule has 2 N–H and O–H groups in total. The van der Waals surface area contributed by atoms with Crippen molar-refractivity contribution in [2.75, 3.05) is 19.8 Å². The molecule has 0 radical (unpaired) electrons. The van der Waals surface area contributed by atoms with Gasteiger partial charge in [0.15, 0.2) is 6.29 Å². The van der Waals surface area contributed by atoms with Gasteiger partial charge >= 0.3 is 5.97 Å². The highest BCUT2D eigenvalue weighted by atomic mass is 16.7. The van der Waals surface area contributed by atoms with E-state index in [2.05, 4.69) is 0 Å². The molecule has 2 rings (SSSR count). The summed E-state index contributed by atoms with van der Waals surface area (Å²) in [6.45, 7) is 2.78. The zero-order chi connectivity index (χ0) is 13.0. The van der Waals surface area contributed by atoms with Crippen LogP contribution in [0.25, 0.3) is 0 Å². The molecule has 0 aliphatic carbocycles. The van der Waals surface area contributed by atoms with Crippen molar-refractivity contribution in [3.8, 4) is 0 Å². The number of hydrogen-bond donors (Lipinski definition) is 0. The summed E-state index contributed by atoms with van der Waals surface area (Å²) in [5.41, 5.74) is 0.830. The molecule has 1 aromatic carbocycles. The summed E-state index contributed by atoms with van der Waals surface area (Å²) >= 11 is 0. The quantitative estimate of drug-likeness (QED) is 0.454. The van der Waals surface area contributed by atoms with E-state index in [4.69, 9.17) is 14.2 Å². The van der Waals surface area contributed by atoms with Crippen molar-refractivity contribution in [3.63, 3.8) is 0 Å². The van der Waals surface area contributed by atoms with Crippen LogP contribution in [0, 0.1) is 0 Å². The van der Waals surface area contributed by atoms with Gasteiger partial charge in [0.2, 0.25) is 0 Å². The van der Waals surface area contributed by atoms with Gasteiger partial charge in [0.05, 0.1) is 19.8 Å². The summed E-state index contributed by atoms with van der Waals surface area (Å²) in [6.07, 6.45) is -0.584. The first-order valence-corrected chi connectivity index (χ1v) is 5.77. The molecule has 0 unspecified atom stereocenters.